The Morgan fingerprint density at radius 1 is 1.37 bits per heavy atom. The van der Waals surface area contributed by atoms with E-state index in [4.69, 9.17) is 0 Å². The molecule has 4 nitrogen and oxygen atoms in total. The van der Waals surface area contributed by atoms with Crippen LogP contribution in [-0.4, -0.2) is 30.8 Å². The van der Waals surface area contributed by atoms with Crippen molar-refractivity contribution in [2.24, 2.45) is 0 Å². The number of benzene rings is 1. The topological polar surface area (TPSA) is 55.4 Å². The van der Waals surface area contributed by atoms with Crippen LogP contribution in [0.15, 0.2) is 23.1 Å². The monoisotopic (exact) mass is 281 g/mol. The van der Waals surface area contributed by atoms with Gasteiger partial charge in [0.2, 0.25) is 5.91 Å². The van der Waals surface area contributed by atoms with Crippen molar-refractivity contribution in [1.29, 1.82) is 0 Å². The highest BCUT2D eigenvalue weighted by Crippen LogP contribution is 2.23. The molecule has 1 rings (SSSR count). The van der Waals surface area contributed by atoms with Crippen LogP contribution in [0.3, 0.4) is 0 Å². The number of hydrogen-bond acceptors (Lipinski definition) is 4. The fourth-order valence-corrected chi connectivity index (χ4v) is 2.46. The van der Waals surface area contributed by atoms with Gasteiger partial charge in [-0.25, -0.2) is 4.79 Å². The highest BCUT2D eigenvalue weighted by Gasteiger charge is 2.15. The zero-order valence-corrected chi connectivity index (χ0v) is 12.5. The molecule has 1 aromatic rings. The predicted octanol–water partition coefficient (Wildman–Crippen LogP) is 2.07. The second-order valence-corrected chi connectivity index (χ2v) is 5.39. The largest absolute Gasteiger partial charge is 0.467 e. The SMILES string of the molecule is COC(=O)C(C)NC(=O)CSc1cc(C)ccc1C. The molecular formula is C14H19NO3S. The van der Waals surface area contributed by atoms with E-state index in [1.54, 1.807) is 6.92 Å². The maximum atomic E-state index is 11.7. The Morgan fingerprint density at radius 3 is 2.68 bits per heavy atom. The highest BCUT2D eigenvalue weighted by molar-refractivity contribution is 8.00. The number of hydrogen-bond donors (Lipinski definition) is 1. The lowest BCUT2D eigenvalue weighted by molar-refractivity contribution is -0.144. The minimum Gasteiger partial charge on any atom is -0.467 e. The summed E-state index contributed by atoms with van der Waals surface area (Å²) >= 11 is 1.47. The van der Waals surface area contributed by atoms with Crippen molar-refractivity contribution >= 4 is 23.6 Å². The average molecular weight is 281 g/mol. The summed E-state index contributed by atoms with van der Waals surface area (Å²) < 4.78 is 4.55. The van der Waals surface area contributed by atoms with Crippen LogP contribution in [0.4, 0.5) is 0 Å². The first-order valence-corrected chi connectivity index (χ1v) is 7.00. The van der Waals surface area contributed by atoms with E-state index in [0.717, 1.165) is 16.0 Å². The van der Waals surface area contributed by atoms with E-state index in [9.17, 15) is 9.59 Å². The van der Waals surface area contributed by atoms with Gasteiger partial charge in [0, 0.05) is 4.90 Å². The summed E-state index contributed by atoms with van der Waals surface area (Å²) in [6, 6.07) is 5.51. The Balaban J connectivity index is 2.50. The lowest BCUT2D eigenvalue weighted by Crippen LogP contribution is -2.40. The molecule has 0 aliphatic rings. The van der Waals surface area contributed by atoms with Crippen LogP contribution in [0, 0.1) is 13.8 Å². The van der Waals surface area contributed by atoms with Crippen molar-refractivity contribution in [2.75, 3.05) is 12.9 Å². The van der Waals surface area contributed by atoms with Crippen molar-refractivity contribution < 1.29 is 14.3 Å². The molecule has 0 aliphatic heterocycles. The maximum Gasteiger partial charge on any atom is 0.328 e. The molecule has 19 heavy (non-hydrogen) atoms. The molecule has 0 heterocycles. The van der Waals surface area contributed by atoms with Crippen LogP contribution in [0.2, 0.25) is 0 Å². The zero-order valence-electron chi connectivity index (χ0n) is 11.6. The van der Waals surface area contributed by atoms with Gasteiger partial charge in [-0.2, -0.15) is 0 Å². The molecule has 0 aromatic heterocycles. The summed E-state index contributed by atoms with van der Waals surface area (Å²) in [5, 5.41) is 2.60. The molecule has 0 bridgehead atoms. The van der Waals surface area contributed by atoms with Crippen molar-refractivity contribution in [3.63, 3.8) is 0 Å². The number of amides is 1. The van der Waals surface area contributed by atoms with Crippen LogP contribution in [-0.2, 0) is 14.3 Å². The first kappa shape index (κ1) is 15.6. The molecule has 0 fully saturated rings. The number of aryl methyl sites for hydroxylation is 2. The van der Waals surface area contributed by atoms with Crippen molar-refractivity contribution in [3.8, 4) is 0 Å². The molecule has 0 radical (unpaired) electrons. The van der Waals surface area contributed by atoms with Gasteiger partial charge < -0.3 is 10.1 Å². The Labute approximate surface area is 117 Å². The second-order valence-electron chi connectivity index (χ2n) is 4.37. The van der Waals surface area contributed by atoms with E-state index < -0.39 is 12.0 Å². The maximum absolute atomic E-state index is 11.7. The van der Waals surface area contributed by atoms with Crippen LogP contribution >= 0.6 is 11.8 Å². The van der Waals surface area contributed by atoms with Gasteiger partial charge in [0.05, 0.1) is 12.9 Å². The summed E-state index contributed by atoms with van der Waals surface area (Å²) in [7, 11) is 1.30. The predicted molar refractivity (Wildman–Crippen MR) is 76.3 cm³/mol. The molecule has 1 atom stereocenters. The third-order valence-corrected chi connectivity index (χ3v) is 3.79. The molecule has 1 unspecified atom stereocenters. The van der Waals surface area contributed by atoms with Gasteiger partial charge >= 0.3 is 5.97 Å². The third kappa shape index (κ3) is 4.95. The molecule has 104 valence electrons. The molecule has 0 saturated carbocycles. The molecule has 0 saturated heterocycles. The average Bonchev–Trinajstić information content (AvgIpc) is 2.38. The smallest absolute Gasteiger partial charge is 0.328 e. The Hall–Kier alpha value is -1.49. The normalized spacial score (nSPS) is 11.8. The molecule has 1 N–H and O–H groups in total. The van der Waals surface area contributed by atoms with Gasteiger partial charge in [-0.1, -0.05) is 17.7 Å². The van der Waals surface area contributed by atoms with Gasteiger partial charge in [0.15, 0.2) is 0 Å². The number of ether oxygens (including phenoxy) is 1. The van der Waals surface area contributed by atoms with Crippen LogP contribution in [0.25, 0.3) is 0 Å². The quantitative estimate of drug-likeness (QED) is 0.663. The Morgan fingerprint density at radius 2 is 2.05 bits per heavy atom. The van der Waals surface area contributed by atoms with E-state index in [0.29, 0.717) is 0 Å². The zero-order chi connectivity index (χ0) is 14.4. The van der Waals surface area contributed by atoms with Crippen LogP contribution in [0.5, 0.6) is 0 Å². The van der Waals surface area contributed by atoms with Crippen LogP contribution < -0.4 is 5.32 Å². The number of carbonyl (C=O) groups is 2. The second kappa shape index (κ2) is 7.19. The molecule has 5 heteroatoms. The number of rotatable bonds is 5. The Kier molecular flexibility index (Phi) is 5.89. The van der Waals surface area contributed by atoms with E-state index >= 15 is 0 Å². The van der Waals surface area contributed by atoms with Crippen molar-refractivity contribution in [2.45, 2.75) is 31.7 Å². The summed E-state index contributed by atoms with van der Waals surface area (Å²) in [6.45, 7) is 5.63. The van der Waals surface area contributed by atoms with Gasteiger partial charge in [-0.05, 0) is 32.4 Å². The molecular weight excluding hydrogens is 262 g/mol. The summed E-state index contributed by atoms with van der Waals surface area (Å²) in [6.07, 6.45) is 0. The van der Waals surface area contributed by atoms with E-state index in [1.807, 2.05) is 26.0 Å². The Bertz CT molecular complexity index is 474. The van der Waals surface area contributed by atoms with Gasteiger partial charge in [0.1, 0.15) is 6.04 Å². The number of thioether (sulfide) groups is 1. The summed E-state index contributed by atoms with van der Waals surface area (Å²) in [5.41, 5.74) is 2.31. The standard InChI is InChI=1S/C14H19NO3S/c1-9-5-6-10(2)12(7-9)19-8-13(16)15-11(3)14(17)18-4/h5-7,11H,8H2,1-4H3,(H,15,16). The number of nitrogens with one attached hydrogen (secondary N) is 1. The molecule has 0 spiro atoms. The number of carbonyl (C=O) groups excluding carboxylic acids is 2. The first-order chi connectivity index (χ1) is 8.93. The lowest BCUT2D eigenvalue weighted by atomic mass is 10.2. The van der Waals surface area contributed by atoms with Crippen molar-refractivity contribution in [3.05, 3.63) is 29.3 Å². The fraction of sp³-hybridized carbons (Fsp3) is 0.429. The van der Waals surface area contributed by atoms with E-state index in [1.165, 1.54) is 18.9 Å². The molecule has 1 amide bonds. The van der Waals surface area contributed by atoms with E-state index in [-0.39, 0.29) is 11.7 Å². The minimum absolute atomic E-state index is 0.177. The third-order valence-electron chi connectivity index (χ3n) is 2.63. The first-order valence-electron chi connectivity index (χ1n) is 6.01. The van der Waals surface area contributed by atoms with Gasteiger partial charge in [-0.3, -0.25) is 4.79 Å². The number of esters is 1. The number of methoxy groups -OCH3 is 1. The van der Waals surface area contributed by atoms with Crippen molar-refractivity contribution in [1.82, 2.24) is 5.32 Å². The van der Waals surface area contributed by atoms with Gasteiger partial charge in [-0.15, -0.1) is 11.8 Å². The fourth-order valence-electron chi connectivity index (χ4n) is 1.52. The lowest BCUT2D eigenvalue weighted by Gasteiger charge is -2.12. The molecule has 0 aliphatic carbocycles. The van der Waals surface area contributed by atoms with Gasteiger partial charge in [0.25, 0.3) is 0 Å². The summed E-state index contributed by atoms with van der Waals surface area (Å²) in [4.78, 5) is 24.0. The van der Waals surface area contributed by atoms with Crippen LogP contribution in [0.1, 0.15) is 18.1 Å². The summed E-state index contributed by atoms with van der Waals surface area (Å²) in [5.74, 6) is -0.333. The highest BCUT2D eigenvalue weighted by atomic mass is 32.2. The van der Waals surface area contributed by atoms with E-state index in [2.05, 4.69) is 16.1 Å². The molecule has 1 aromatic carbocycles. The minimum atomic E-state index is -0.614.